The topological polar surface area (TPSA) is 72.0 Å². The number of halogens is 2. The second-order valence-electron chi connectivity index (χ2n) is 3.23. The summed E-state index contributed by atoms with van der Waals surface area (Å²) < 4.78 is 27.0. The van der Waals surface area contributed by atoms with Crippen molar-refractivity contribution in [2.75, 3.05) is 4.72 Å². The van der Waals surface area contributed by atoms with Crippen molar-refractivity contribution in [1.29, 1.82) is 0 Å². The summed E-state index contributed by atoms with van der Waals surface area (Å²) >= 11 is 8.95. The molecule has 0 radical (unpaired) electrons. The maximum absolute atomic E-state index is 12.1. The van der Waals surface area contributed by atoms with Crippen molar-refractivity contribution in [1.82, 2.24) is 9.97 Å². The van der Waals surface area contributed by atoms with Crippen LogP contribution in [-0.2, 0) is 10.0 Å². The Hall–Kier alpha value is -1.18. The molecule has 0 spiro atoms. The molecule has 0 aliphatic rings. The normalized spacial score (nSPS) is 11.2. The summed E-state index contributed by atoms with van der Waals surface area (Å²) in [7, 11) is -3.80. The van der Waals surface area contributed by atoms with Crippen LogP contribution in [0.25, 0.3) is 0 Å². The molecular weight excluding hydrogens is 342 g/mol. The van der Waals surface area contributed by atoms with Crippen molar-refractivity contribution in [2.45, 2.75) is 4.90 Å². The van der Waals surface area contributed by atoms with E-state index in [0.717, 1.165) is 0 Å². The minimum absolute atomic E-state index is 0.0861. The maximum atomic E-state index is 12.1. The third-order valence-corrected chi connectivity index (χ3v) is 4.43. The average Bonchev–Trinajstić information content (AvgIpc) is 2.32. The Labute approximate surface area is 117 Å². The van der Waals surface area contributed by atoms with E-state index in [9.17, 15) is 8.42 Å². The van der Waals surface area contributed by atoms with Crippen LogP contribution in [0.1, 0.15) is 0 Å². The molecule has 2 aromatic heterocycles. The molecule has 0 fully saturated rings. The molecule has 0 saturated carbocycles. The quantitative estimate of drug-likeness (QED) is 0.866. The van der Waals surface area contributed by atoms with Crippen molar-refractivity contribution in [3.05, 3.63) is 46.3 Å². The Morgan fingerprint density at radius 2 is 1.83 bits per heavy atom. The molecule has 2 heterocycles. The first kappa shape index (κ1) is 13.3. The molecular formula is C10H7BrClN3O2S. The van der Waals surface area contributed by atoms with Gasteiger partial charge in [0, 0.05) is 12.4 Å². The van der Waals surface area contributed by atoms with E-state index >= 15 is 0 Å². The Kier molecular flexibility index (Phi) is 3.84. The van der Waals surface area contributed by atoms with Gasteiger partial charge in [0.15, 0.2) is 5.82 Å². The van der Waals surface area contributed by atoms with E-state index in [4.69, 9.17) is 11.6 Å². The third-order valence-electron chi connectivity index (χ3n) is 2.00. The Morgan fingerprint density at radius 1 is 1.17 bits per heavy atom. The van der Waals surface area contributed by atoms with E-state index in [1.807, 2.05) is 0 Å². The Morgan fingerprint density at radius 3 is 2.50 bits per heavy atom. The van der Waals surface area contributed by atoms with E-state index in [1.54, 1.807) is 12.1 Å². The highest BCUT2D eigenvalue weighted by Gasteiger charge is 2.19. The van der Waals surface area contributed by atoms with Gasteiger partial charge < -0.3 is 0 Å². The van der Waals surface area contributed by atoms with Gasteiger partial charge in [-0.15, -0.1) is 0 Å². The van der Waals surface area contributed by atoms with Gasteiger partial charge in [-0.3, -0.25) is 4.72 Å². The van der Waals surface area contributed by atoms with Crippen molar-refractivity contribution >= 4 is 43.4 Å². The summed E-state index contributed by atoms with van der Waals surface area (Å²) in [5.41, 5.74) is 0. The van der Waals surface area contributed by atoms with Crippen LogP contribution >= 0.6 is 27.5 Å². The summed E-state index contributed by atoms with van der Waals surface area (Å²) in [5.74, 6) is 0.192. The average molecular weight is 349 g/mol. The summed E-state index contributed by atoms with van der Waals surface area (Å²) in [6, 6.07) is 6.22. The number of nitrogens with zero attached hydrogens (tertiary/aromatic N) is 2. The van der Waals surface area contributed by atoms with Crippen LogP contribution in [0.15, 0.2) is 46.0 Å². The van der Waals surface area contributed by atoms with Gasteiger partial charge in [-0.25, -0.2) is 18.4 Å². The third kappa shape index (κ3) is 2.80. The number of anilines is 1. The van der Waals surface area contributed by atoms with Gasteiger partial charge in [-0.05, 0) is 40.2 Å². The molecule has 1 N–H and O–H groups in total. The van der Waals surface area contributed by atoms with Crippen LogP contribution in [0.4, 0.5) is 5.82 Å². The van der Waals surface area contributed by atoms with E-state index in [-0.39, 0.29) is 15.9 Å². The molecule has 0 aliphatic heterocycles. The summed E-state index contributed by atoms with van der Waals surface area (Å²) in [5, 5.41) is -0.0861. The fourth-order valence-corrected chi connectivity index (χ4v) is 3.18. The molecule has 0 atom stereocenters. The molecule has 0 saturated heterocycles. The fourth-order valence-electron chi connectivity index (χ4n) is 1.21. The van der Waals surface area contributed by atoms with Crippen molar-refractivity contribution in [3.8, 4) is 0 Å². The number of nitrogens with one attached hydrogen (secondary N) is 1. The van der Waals surface area contributed by atoms with Crippen molar-refractivity contribution < 1.29 is 8.42 Å². The number of hydrogen-bond acceptors (Lipinski definition) is 4. The lowest BCUT2D eigenvalue weighted by atomic mass is 10.5. The number of rotatable bonds is 3. The van der Waals surface area contributed by atoms with Crippen LogP contribution in [0.2, 0.25) is 5.15 Å². The second kappa shape index (κ2) is 5.21. The van der Waals surface area contributed by atoms with E-state index in [2.05, 4.69) is 30.6 Å². The summed E-state index contributed by atoms with van der Waals surface area (Å²) in [6.07, 6.45) is 2.89. The summed E-state index contributed by atoms with van der Waals surface area (Å²) in [6.45, 7) is 0. The van der Waals surface area contributed by atoms with E-state index in [1.165, 1.54) is 24.5 Å². The largest absolute Gasteiger partial charge is 0.266 e. The zero-order valence-electron chi connectivity index (χ0n) is 8.84. The molecule has 2 aromatic rings. The van der Waals surface area contributed by atoms with E-state index in [0.29, 0.717) is 4.47 Å². The van der Waals surface area contributed by atoms with Gasteiger partial charge in [0.05, 0.1) is 4.47 Å². The first-order valence-corrected chi connectivity index (χ1v) is 7.40. The number of sulfonamides is 1. The molecule has 0 amide bonds. The van der Waals surface area contributed by atoms with Gasteiger partial charge in [0.25, 0.3) is 10.0 Å². The number of hydrogen-bond donors (Lipinski definition) is 1. The predicted molar refractivity (Wildman–Crippen MR) is 72.0 cm³/mol. The SMILES string of the molecule is O=S(=O)(Nc1ncccc1Br)c1cccnc1Cl. The number of aromatic nitrogens is 2. The number of pyridine rings is 2. The van der Waals surface area contributed by atoms with Gasteiger partial charge in [0.2, 0.25) is 0 Å². The van der Waals surface area contributed by atoms with Crippen LogP contribution in [-0.4, -0.2) is 18.4 Å². The zero-order chi connectivity index (χ0) is 13.2. The van der Waals surface area contributed by atoms with Gasteiger partial charge in [-0.1, -0.05) is 11.6 Å². The lowest BCUT2D eigenvalue weighted by Crippen LogP contribution is -2.15. The highest BCUT2D eigenvalue weighted by molar-refractivity contribution is 9.10. The van der Waals surface area contributed by atoms with Crippen LogP contribution < -0.4 is 4.72 Å². The first-order chi connectivity index (χ1) is 8.50. The fraction of sp³-hybridized carbons (Fsp3) is 0. The monoisotopic (exact) mass is 347 g/mol. The second-order valence-corrected chi connectivity index (χ2v) is 6.09. The molecule has 0 bridgehead atoms. The zero-order valence-corrected chi connectivity index (χ0v) is 12.0. The van der Waals surface area contributed by atoms with Crippen LogP contribution in [0.5, 0.6) is 0 Å². The minimum atomic E-state index is -3.80. The van der Waals surface area contributed by atoms with Crippen LogP contribution in [0, 0.1) is 0 Å². The molecule has 94 valence electrons. The molecule has 18 heavy (non-hydrogen) atoms. The molecule has 8 heteroatoms. The molecule has 0 aromatic carbocycles. The molecule has 2 rings (SSSR count). The smallest absolute Gasteiger partial charge is 0.262 e. The molecule has 0 unspecified atom stereocenters. The van der Waals surface area contributed by atoms with Gasteiger partial charge >= 0.3 is 0 Å². The minimum Gasteiger partial charge on any atom is -0.262 e. The predicted octanol–water partition coefficient (Wildman–Crippen LogP) is 2.69. The lowest BCUT2D eigenvalue weighted by molar-refractivity contribution is 0.600. The Bertz CT molecular complexity index is 678. The van der Waals surface area contributed by atoms with Crippen molar-refractivity contribution in [3.63, 3.8) is 0 Å². The highest BCUT2D eigenvalue weighted by atomic mass is 79.9. The lowest BCUT2D eigenvalue weighted by Gasteiger charge is -2.08. The van der Waals surface area contributed by atoms with Crippen LogP contribution in [0.3, 0.4) is 0 Å². The standard InChI is InChI=1S/C10H7BrClN3O2S/c11-7-3-1-6-14-10(7)15-18(16,17)8-4-2-5-13-9(8)12/h1-6H,(H,14,15). The van der Waals surface area contributed by atoms with Crippen molar-refractivity contribution in [2.24, 2.45) is 0 Å². The van der Waals surface area contributed by atoms with Gasteiger partial charge in [-0.2, -0.15) is 0 Å². The Balaban J connectivity index is 2.40. The first-order valence-electron chi connectivity index (χ1n) is 4.74. The highest BCUT2D eigenvalue weighted by Crippen LogP contribution is 2.24. The van der Waals surface area contributed by atoms with Gasteiger partial charge in [0.1, 0.15) is 10.0 Å². The molecule has 5 nitrogen and oxygen atoms in total. The maximum Gasteiger partial charge on any atom is 0.266 e. The molecule has 0 aliphatic carbocycles. The summed E-state index contributed by atoms with van der Waals surface area (Å²) in [4.78, 5) is 7.55. The van der Waals surface area contributed by atoms with E-state index < -0.39 is 10.0 Å².